The molecule has 1 N–H and O–H groups in total. The molecule has 1 aliphatic heterocycles. The monoisotopic (exact) mass is 375 g/mol. The number of hydrogen-bond acceptors (Lipinski definition) is 3. The molecule has 2 heterocycles. The summed E-state index contributed by atoms with van der Waals surface area (Å²) in [4.78, 5) is 19.1. The van der Waals surface area contributed by atoms with E-state index in [0.29, 0.717) is 0 Å². The second kappa shape index (κ2) is 7.30. The van der Waals surface area contributed by atoms with Gasteiger partial charge in [-0.05, 0) is 47.3 Å². The third kappa shape index (κ3) is 3.50. The number of anilines is 1. The first-order valence-electron chi connectivity index (χ1n) is 8.26. The van der Waals surface area contributed by atoms with Crippen molar-refractivity contribution in [2.75, 3.05) is 24.5 Å². The molecule has 1 unspecified atom stereocenters. The molecule has 0 saturated carbocycles. The number of fused-ring (bicyclic) bond motifs is 1. The van der Waals surface area contributed by atoms with Crippen LogP contribution >= 0.6 is 15.9 Å². The van der Waals surface area contributed by atoms with Crippen LogP contribution in [0.3, 0.4) is 0 Å². The summed E-state index contributed by atoms with van der Waals surface area (Å²) in [6, 6.07) is 8.20. The number of nitrogens with one attached hydrogen (secondary N) is 1. The predicted octanol–water partition coefficient (Wildman–Crippen LogP) is 3.74. The number of halogens is 1. The number of rotatable bonds is 4. The molecule has 3 rings (SSSR count). The molecule has 122 valence electrons. The Hall–Kier alpha value is -1.62. The quantitative estimate of drug-likeness (QED) is 0.884. The topological polar surface area (TPSA) is 45.2 Å². The van der Waals surface area contributed by atoms with E-state index in [-0.39, 0.29) is 11.8 Å². The van der Waals surface area contributed by atoms with Crippen LogP contribution in [0, 0.1) is 5.92 Å². The van der Waals surface area contributed by atoms with Gasteiger partial charge in [-0.3, -0.25) is 9.78 Å². The van der Waals surface area contributed by atoms with E-state index in [1.54, 1.807) is 0 Å². The molecule has 1 fully saturated rings. The summed E-state index contributed by atoms with van der Waals surface area (Å²) in [7, 11) is 0. The average molecular weight is 376 g/mol. The molecule has 2 aromatic rings. The van der Waals surface area contributed by atoms with E-state index in [2.05, 4.69) is 50.2 Å². The number of para-hydroxylation sites is 1. The molecule has 23 heavy (non-hydrogen) atoms. The molecule has 1 aromatic heterocycles. The predicted molar refractivity (Wildman–Crippen MR) is 97.7 cm³/mol. The molecule has 1 atom stereocenters. The van der Waals surface area contributed by atoms with Gasteiger partial charge in [0.25, 0.3) is 0 Å². The second-order valence-corrected chi connectivity index (χ2v) is 6.90. The van der Waals surface area contributed by atoms with Gasteiger partial charge in [0.2, 0.25) is 5.91 Å². The van der Waals surface area contributed by atoms with Crippen molar-refractivity contribution in [3.63, 3.8) is 0 Å². The molecular formula is C18H22BrN3O. The van der Waals surface area contributed by atoms with Crippen LogP contribution in [-0.4, -0.2) is 30.5 Å². The maximum Gasteiger partial charge on any atom is 0.224 e. The summed E-state index contributed by atoms with van der Waals surface area (Å²) in [6.45, 7) is 4.61. The van der Waals surface area contributed by atoms with Gasteiger partial charge in [-0.2, -0.15) is 0 Å². The Morgan fingerprint density at radius 1 is 1.43 bits per heavy atom. The molecule has 1 amide bonds. The first-order chi connectivity index (χ1) is 11.2. The van der Waals surface area contributed by atoms with Crippen LogP contribution in [0.15, 0.2) is 34.9 Å². The lowest BCUT2D eigenvalue weighted by molar-refractivity contribution is -0.125. The molecule has 1 aliphatic rings. The van der Waals surface area contributed by atoms with Crippen molar-refractivity contribution in [2.24, 2.45) is 5.92 Å². The van der Waals surface area contributed by atoms with Crippen LogP contribution in [0.1, 0.15) is 26.2 Å². The first kappa shape index (κ1) is 16.2. The molecule has 4 nitrogen and oxygen atoms in total. The Bertz CT molecular complexity index is 704. The average Bonchev–Trinajstić information content (AvgIpc) is 2.60. The van der Waals surface area contributed by atoms with Crippen molar-refractivity contribution in [1.29, 1.82) is 0 Å². The van der Waals surface area contributed by atoms with Crippen LogP contribution in [0.25, 0.3) is 10.9 Å². The van der Waals surface area contributed by atoms with Crippen LogP contribution in [0.5, 0.6) is 0 Å². The second-order valence-electron chi connectivity index (χ2n) is 6.04. The summed E-state index contributed by atoms with van der Waals surface area (Å²) in [5.41, 5.74) is 2.15. The fraction of sp³-hybridized carbons (Fsp3) is 0.444. The van der Waals surface area contributed by atoms with Gasteiger partial charge in [0.1, 0.15) is 0 Å². The summed E-state index contributed by atoms with van der Waals surface area (Å²) in [5, 5.41) is 4.17. The van der Waals surface area contributed by atoms with Crippen molar-refractivity contribution < 1.29 is 4.79 Å². The van der Waals surface area contributed by atoms with E-state index in [9.17, 15) is 4.79 Å². The SMILES string of the molecule is CCCNC(=O)C1CCCN(c2ccnc3c(Br)cccc23)C1. The van der Waals surface area contributed by atoms with E-state index < -0.39 is 0 Å². The lowest BCUT2D eigenvalue weighted by atomic mass is 9.96. The minimum absolute atomic E-state index is 0.0747. The van der Waals surface area contributed by atoms with Gasteiger partial charge in [0.15, 0.2) is 0 Å². The minimum atomic E-state index is 0.0747. The molecule has 5 heteroatoms. The van der Waals surface area contributed by atoms with Crippen molar-refractivity contribution in [1.82, 2.24) is 10.3 Å². The number of piperidine rings is 1. The van der Waals surface area contributed by atoms with Crippen LogP contribution in [-0.2, 0) is 4.79 Å². The molecule has 0 spiro atoms. The largest absolute Gasteiger partial charge is 0.370 e. The number of carbonyl (C=O) groups excluding carboxylic acids is 1. The number of amides is 1. The highest BCUT2D eigenvalue weighted by Crippen LogP contribution is 2.32. The van der Waals surface area contributed by atoms with Gasteiger partial charge in [-0.1, -0.05) is 19.1 Å². The lowest BCUT2D eigenvalue weighted by Gasteiger charge is -2.34. The highest BCUT2D eigenvalue weighted by atomic mass is 79.9. The third-order valence-corrected chi connectivity index (χ3v) is 5.02. The smallest absolute Gasteiger partial charge is 0.224 e. The van der Waals surface area contributed by atoms with Crippen LogP contribution in [0.2, 0.25) is 0 Å². The van der Waals surface area contributed by atoms with Crippen molar-refractivity contribution >= 4 is 38.4 Å². The van der Waals surface area contributed by atoms with E-state index >= 15 is 0 Å². The lowest BCUT2D eigenvalue weighted by Crippen LogP contribution is -2.43. The zero-order valence-electron chi connectivity index (χ0n) is 13.4. The molecule has 1 aromatic carbocycles. The number of nitrogens with zero attached hydrogens (tertiary/aromatic N) is 2. The Kier molecular flexibility index (Phi) is 5.16. The zero-order valence-corrected chi connectivity index (χ0v) is 15.0. The Morgan fingerprint density at radius 2 is 2.30 bits per heavy atom. The van der Waals surface area contributed by atoms with Gasteiger partial charge < -0.3 is 10.2 Å². The van der Waals surface area contributed by atoms with E-state index in [4.69, 9.17) is 0 Å². The van der Waals surface area contributed by atoms with Crippen molar-refractivity contribution in [2.45, 2.75) is 26.2 Å². The van der Waals surface area contributed by atoms with Crippen LogP contribution in [0.4, 0.5) is 5.69 Å². The Morgan fingerprint density at radius 3 is 3.13 bits per heavy atom. The van der Waals surface area contributed by atoms with Crippen molar-refractivity contribution in [3.05, 3.63) is 34.9 Å². The number of aromatic nitrogens is 1. The maximum atomic E-state index is 12.3. The van der Waals surface area contributed by atoms with Gasteiger partial charge in [0.05, 0.1) is 11.4 Å². The number of carbonyl (C=O) groups is 1. The van der Waals surface area contributed by atoms with Gasteiger partial charge >= 0.3 is 0 Å². The highest BCUT2D eigenvalue weighted by Gasteiger charge is 2.26. The summed E-state index contributed by atoms with van der Waals surface area (Å²) in [5.74, 6) is 0.266. The Labute approximate surface area is 145 Å². The number of hydrogen-bond donors (Lipinski definition) is 1. The first-order valence-corrected chi connectivity index (χ1v) is 9.06. The van der Waals surface area contributed by atoms with Gasteiger partial charge in [-0.15, -0.1) is 0 Å². The maximum absolute atomic E-state index is 12.3. The normalized spacial score (nSPS) is 18.2. The fourth-order valence-electron chi connectivity index (χ4n) is 3.20. The summed E-state index contributed by atoms with van der Waals surface area (Å²) < 4.78 is 1.01. The zero-order chi connectivity index (χ0) is 16.2. The minimum Gasteiger partial charge on any atom is -0.370 e. The molecular weight excluding hydrogens is 354 g/mol. The fourth-order valence-corrected chi connectivity index (χ4v) is 3.67. The molecule has 0 bridgehead atoms. The van der Waals surface area contributed by atoms with E-state index in [1.807, 2.05) is 18.3 Å². The van der Waals surface area contributed by atoms with E-state index in [0.717, 1.165) is 54.3 Å². The molecule has 0 aliphatic carbocycles. The van der Waals surface area contributed by atoms with Gasteiger partial charge in [0, 0.05) is 41.4 Å². The van der Waals surface area contributed by atoms with Crippen LogP contribution < -0.4 is 10.2 Å². The van der Waals surface area contributed by atoms with Gasteiger partial charge in [-0.25, -0.2) is 0 Å². The number of benzene rings is 1. The summed E-state index contributed by atoms with van der Waals surface area (Å²) in [6.07, 6.45) is 4.84. The summed E-state index contributed by atoms with van der Waals surface area (Å²) >= 11 is 3.57. The third-order valence-electron chi connectivity index (χ3n) is 4.38. The number of pyridine rings is 1. The van der Waals surface area contributed by atoms with E-state index in [1.165, 1.54) is 5.69 Å². The van der Waals surface area contributed by atoms with Crippen molar-refractivity contribution in [3.8, 4) is 0 Å². The Balaban J connectivity index is 1.84. The highest BCUT2D eigenvalue weighted by molar-refractivity contribution is 9.10. The molecule has 0 radical (unpaired) electrons. The molecule has 1 saturated heterocycles. The standard InChI is InChI=1S/C18H22BrN3O/c1-2-9-21-18(23)13-5-4-11-22(12-13)16-8-10-20-17-14(16)6-3-7-15(17)19/h3,6-8,10,13H,2,4-5,9,11-12H2,1H3,(H,21,23).